The summed E-state index contributed by atoms with van der Waals surface area (Å²) in [6.07, 6.45) is 3.22. The third-order valence-corrected chi connectivity index (χ3v) is 5.70. The molecule has 1 N–H and O–H groups in total. The van der Waals surface area contributed by atoms with Crippen molar-refractivity contribution in [1.82, 2.24) is 9.97 Å². The van der Waals surface area contributed by atoms with E-state index in [1.54, 1.807) is 6.08 Å². The highest BCUT2D eigenvalue weighted by Gasteiger charge is 2.18. The summed E-state index contributed by atoms with van der Waals surface area (Å²) in [4.78, 5) is 31.5. The molecule has 0 aliphatic carbocycles. The quantitative estimate of drug-likeness (QED) is 0.727. The molecule has 2 aromatic heterocycles. The molecule has 3 rings (SSSR count). The zero-order valence-corrected chi connectivity index (χ0v) is 16.9. The van der Waals surface area contributed by atoms with E-state index in [0.717, 1.165) is 10.6 Å². The lowest BCUT2D eigenvalue weighted by molar-refractivity contribution is -0.119. The van der Waals surface area contributed by atoms with Crippen molar-refractivity contribution < 1.29 is 4.79 Å². The van der Waals surface area contributed by atoms with Crippen LogP contribution in [0.2, 0.25) is 5.02 Å². The number of nitrogens with zero attached hydrogens (tertiary/aromatic N) is 1. The molecule has 0 spiro atoms. The highest BCUT2D eigenvalue weighted by atomic mass is 35.5. The van der Waals surface area contributed by atoms with Gasteiger partial charge in [-0.05, 0) is 18.2 Å². The zero-order chi connectivity index (χ0) is 18.9. The minimum absolute atomic E-state index is 0.0276. The maximum atomic E-state index is 12.1. The van der Waals surface area contributed by atoms with Crippen LogP contribution < -0.4 is 14.8 Å². The highest BCUT2D eigenvalue weighted by molar-refractivity contribution is 7.13. The molecule has 4 nitrogen and oxygen atoms in total. The average Bonchev–Trinajstić information content (AvgIpc) is 3.15. The topological polar surface area (TPSA) is 62.8 Å². The number of Topliss-reactive ketones (excluding diaryl/α,β-unsaturated/α-hetero) is 1. The lowest BCUT2D eigenvalue weighted by atomic mass is 9.91. The Morgan fingerprint density at radius 1 is 1.23 bits per heavy atom. The van der Waals surface area contributed by atoms with Crippen molar-refractivity contribution in [2.24, 2.45) is 5.41 Å². The largest absolute Gasteiger partial charge is 0.313 e. The molecule has 0 fully saturated rings. The Kier molecular flexibility index (Phi) is 5.27. The van der Waals surface area contributed by atoms with Gasteiger partial charge >= 0.3 is 0 Å². The summed E-state index contributed by atoms with van der Waals surface area (Å²) in [5.74, 6) is -0.0276. The molecule has 0 unspecified atom stereocenters. The second-order valence-electron chi connectivity index (χ2n) is 6.77. The van der Waals surface area contributed by atoms with Gasteiger partial charge < -0.3 is 4.98 Å². The van der Waals surface area contributed by atoms with Crippen LogP contribution >= 0.6 is 34.3 Å². The van der Waals surface area contributed by atoms with Crippen LogP contribution in [0.4, 0.5) is 0 Å². The summed E-state index contributed by atoms with van der Waals surface area (Å²) in [6, 6.07) is 7.46. The number of thiazole rings is 2. The molecule has 0 aliphatic rings. The van der Waals surface area contributed by atoms with Crippen LogP contribution in [0.5, 0.6) is 0 Å². The number of rotatable bonds is 3. The SMILES string of the molecule is CC(C)(C)C(=O)/C=c1/[nH]c(=O)/c(=C/c2csc(-c3ccc(Cl)cc3)n2)s1. The van der Waals surface area contributed by atoms with Crippen LogP contribution in [0.3, 0.4) is 0 Å². The van der Waals surface area contributed by atoms with Crippen molar-refractivity contribution in [1.29, 1.82) is 0 Å². The Labute approximate surface area is 163 Å². The van der Waals surface area contributed by atoms with E-state index in [2.05, 4.69) is 9.97 Å². The Morgan fingerprint density at radius 3 is 2.58 bits per heavy atom. The number of carbonyl (C=O) groups excluding carboxylic acids is 1. The molecule has 0 saturated heterocycles. The molecule has 134 valence electrons. The molecule has 1 aromatic carbocycles. The summed E-state index contributed by atoms with van der Waals surface area (Å²) in [5.41, 5.74) is 0.988. The molecular weight excluding hydrogens is 388 g/mol. The number of carbonyl (C=O) groups is 1. The fourth-order valence-electron chi connectivity index (χ4n) is 2.07. The van der Waals surface area contributed by atoms with Gasteiger partial charge in [-0.1, -0.05) is 44.5 Å². The molecule has 7 heteroatoms. The van der Waals surface area contributed by atoms with Gasteiger partial charge in [0.1, 0.15) is 5.01 Å². The lowest BCUT2D eigenvalue weighted by Crippen LogP contribution is -2.22. The minimum atomic E-state index is -0.479. The van der Waals surface area contributed by atoms with Gasteiger partial charge in [-0.2, -0.15) is 0 Å². The molecule has 26 heavy (non-hydrogen) atoms. The molecule has 0 bridgehead atoms. The van der Waals surface area contributed by atoms with Gasteiger partial charge in [-0.25, -0.2) is 4.98 Å². The van der Waals surface area contributed by atoms with Crippen molar-refractivity contribution in [3.05, 3.63) is 59.9 Å². The van der Waals surface area contributed by atoms with Crippen molar-refractivity contribution in [3.8, 4) is 10.6 Å². The predicted octanol–water partition coefficient (Wildman–Crippen LogP) is 3.44. The second kappa shape index (κ2) is 7.31. The van der Waals surface area contributed by atoms with E-state index >= 15 is 0 Å². The van der Waals surface area contributed by atoms with Crippen LogP contribution in [0.1, 0.15) is 26.5 Å². The van der Waals surface area contributed by atoms with Crippen LogP contribution in [-0.2, 0) is 4.79 Å². The lowest BCUT2D eigenvalue weighted by Gasteiger charge is -2.12. The highest BCUT2D eigenvalue weighted by Crippen LogP contribution is 2.25. The third-order valence-electron chi connectivity index (χ3n) is 3.57. The maximum Gasteiger partial charge on any atom is 0.266 e. The number of hydrogen-bond donors (Lipinski definition) is 1. The molecule has 2 heterocycles. The van der Waals surface area contributed by atoms with E-state index in [1.165, 1.54) is 28.7 Å². The molecule has 0 radical (unpaired) electrons. The summed E-state index contributed by atoms with van der Waals surface area (Å²) >= 11 is 8.66. The van der Waals surface area contributed by atoms with Crippen molar-refractivity contribution in [3.63, 3.8) is 0 Å². The average molecular weight is 405 g/mol. The van der Waals surface area contributed by atoms with E-state index in [-0.39, 0.29) is 11.3 Å². The molecule has 0 saturated carbocycles. The van der Waals surface area contributed by atoms with Gasteiger partial charge in [0.25, 0.3) is 5.56 Å². The van der Waals surface area contributed by atoms with Crippen LogP contribution in [0, 0.1) is 5.41 Å². The number of H-pyrrole nitrogens is 1. The van der Waals surface area contributed by atoms with Crippen molar-refractivity contribution in [2.45, 2.75) is 20.8 Å². The molecule has 0 amide bonds. The Balaban J connectivity index is 1.94. The Morgan fingerprint density at radius 2 is 1.92 bits per heavy atom. The smallest absolute Gasteiger partial charge is 0.266 e. The Hall–Kier alpha value is -2.02. The number of aromatic nitrogens is 2. The van der Waals surface area contributed by atoms with E-state index < -0.39 is 5.41 Å². The monoisotopic (exact) mass is 404 g/mol. The number of aromatic amines is 1. The van der Waals surface area contributed by atoms with Gasteiger partial charge in [0, 0.05) is 27.5 Å². The van der Waals surface area contributed by atoms with Gasteiger partial charge in [-0.15, -0.1) is 22.7 Å². The number of hydrogen-bond acceptors (Lipinski definition) is 5. The third kappa shape index (κ3) is 4.38. The number of benzene rings is 1. The summed E-state index contributed by atoms with van der Waals surface area (Å²) in [7, 11) is 0. The first kappa shape index (κ1) is 18.8. The predicted molar refractivity (Wildman–Crippen MR) is 109 cm³/mol. The maximum absolute atomic E-state index is 12.1. The normalized spacial score (nSPS) is 13.4. The summed E-state index contributed by atoms with van der Waals surface area (Å²) in [6.45, 7) is 5.54. The van der Waals surface area contributed by atoms with E-state index in [1.807, 2.05) is 50.4 Å². The second-order valence-corrected chi connectivity index (χ2v) is 9.15. The van der Waals surface area contributed by atoms with Gasteiger partial charge in [0.2, 0.25) is 0 Å². The molecule has 0 aliphatic heterocycles. The van der Waals surface area contributed by atoms with E-state index in [4.69, 9.17) is 11.6 Å². The first-order valence-corrected chi connectivity index (χ1v) is 9.98. The van der Waals surface area contributed by atoms with Gasteiger partial charge in [0.15, 0.2) is 5.78 Å². The van der Waals surface area contributed by atoms with Crippen LogP contribution in [-0.4, -0.2) is 15.8 Å². The van der Waals surface area contributed by atoms with E-state index in [9.17, 15) is 9.59 Å². The fraction of sp³-hybridized carbons (Fsp3) is 0.211. The van der Waals surface area contributed by atoms with Gasteiger partial charge in [0.05, 0.1) is 14.9 Å². The first-order chi connectivity index (χ1) is 12.2. The molecule has 3 aromatic rings. The standard InChI is InChI=1S/C19H17ClN2O2S2/c1-19(2,3)15(23)9-16-22-17(24)14(26-16)8-13-10-25-18(21-13)11-4-6-12(20)7-5-11/h4-10H,1-3H3,(H,22,24)/b14-8-,16-9-. The summed E-state index contributed by atoms with van der Waals surface area (Å²) in [5, 5.41) is 3.43. The van der Waals surface area contributed by atoms with Gasteiger partial charge in [-0.3, -0.25) is 9.59 Å². The summed E-state index contributed by atoms with van der Waals surface area (Å²) < 4.78 is 1.07. The molecule has 0 atom stereocenters. The van der Waals surface area contributed by atoms with E-state index in [0.29, 0.717) is 19.9 Å². The minimum Gasteiger partial charge on any atom is -0.313 e. The zero-order valence-electron chi connectivity index (χ0n) is 14.5. The Bertz CT molecular complexity index is 1120. The van der Waals surface area contributed by atoms with Crippen LogP contribution in [0.15, 0.2) is 34.4 Å². The first-order valence-electron chi connectivity index (χ1n) is 7.91. The number of ketones is 1. The van der Waals surface area contributed by atoms with Crippen molar-refractivity contribution >= 4 is 52.2 Å². The molecular formula is C19H17ClN2O2S2. The van der Waals surface area contributed by atoms with Crippen LogP contribution in [0.25, 0.3) is 22.7 Å². The number of halogens is 1. The van der Waals surface area contributed by atoms with Crippen molar-refractivity contribution in [2.75, 3.05) is 0 Å². The fourth-order valence-corrected chi connectivity index (χ4v) is 3.85. The number of nitrogens with one attached hydrogen (secondary N) is 1.